The number of benzene rings is 3. The van der Waals surface area contributed by atoms with Gasteiger partial charge in [0.25, 0.3) is 10.1 Å². The van der Waals surface area contributed by atoms with Crippen molar-refractivity contribution in [3.05, 3.63) is 53.6 Å². The third kappa shape index (κ3) is 5.16. The number of fused-ring (bicyclic) bond motifs is 3. The van der Waals surface area contributed by atoms with E-state index in [1.54, 1.807) is 26.4 Å². The van der Waals surface area contributed by atoms with Crippen LogP contribution in [0.5, 0.6) is 11.5 Å². The molecular formula is C28H33O8PS. The van der Waals surface area contributed by atoms with E-state index in [0.717, 1.165) is 11.1 Å². The van der Waals surface area contributed by atoms with Crippen molar-refractivity contribution < 1.29 is 35.7 Å². The minimum atomic E-state index is -4.35. The fourth-order valence-electron chi connectivity index (χ4n) is 4.64. The van der Waals surface area contributed by atoms with Crippen molar-refractivity contribution in [2.45, 2.75) is 57.3 Å². The van der Waals surface area contributed by atoms with Gasteiger partial charge in [0.15, 0.2) is 0 Å². The van der Waals surface area contributed by atoms with Crippen LogP contribution in [0.25, 0.3) is 33.1 Å². The monoisotopic (exact) mass is 560 g/mol. The number of rotatable bonds is 4. The summed E-state index contributed by atoms with van der Waals surface area (Å²) in [5.41, 5.74) is 3.03. The molecule has 1 heterocycles. The Morgan fingerprint density at radius 3 is 1.89 bits per heavy atom. The predicted octanol–water partition coefficient (Wildman–Crippen LogP) is 7.57. The normalized spacial score (nSPS) is 13.2. The number of methoxy groups -OCH3 is 2. The molecule has 38 heavy (non-hydrogen) atoms. The third-order valence-electron chi connectivity index (χ3n) is 6.39. The van der Waals surface area contributed by atoms with Crippen LogP contribution in [0.3, 0.4) is 0 Å². The Hall–Kier alpha value is -2.97. The van der Waals surface area contributed by atoms with E-state index < -0.39 is 23.8 Å². The molecule has 1 aromatic heterocycles. The van der Waals surface area contributed by atoms with E-state index >= 15 is 0 Å². The van der Waals surface area contributed by atoms with Crippen LogP contribution in [0.1, 0.15) is 52.7 Å². The van der Waals surface area contributed by atoms with Gasteiger partial charge in [-0.05, 0) is 46.7 Å². The number of ether oxygens (including phenoxy) is 2. The molecule has 0 spiro atoms. The maximum Gasteiger partial charge on any atom is 0.384 e. The minimum Gasteiger partial charge on any atom is -0.497 e. The highest BCUT2D eigenvalue weighted by molar-refractivity contribution is 7.85. The SMILES string of the molecule is COc1cc(C(C)(C)C)c2op(O)oc3c(C(C)(C)C)c(-c4ccc(S(=O)(=O)O)cc4)c(OC)cc3c2c1. The van der Waals surface area contributed by atoms with E-state index in [2.05, 4.69) is 20.8 Å². The molecule has 0 aliphatic heterocycles. The molecule has 3 aromatic carbocycles. The summed E-state index contributed by atoms with van der Waals surface area (Å²) in [6.45, 7) is 12.2. The van der Waals surface area contributed by atoms with Crippen LogP contribution in [0.2, 0.25) is 0 Å². The first-order chi connectivity index (χ1) is 17.6. The van der Waals surface area contributed by atoms with Crippen molar-refractivity contribution in [3.63, 3.8) is 0 Å². The molecule has 0 aliphatic carbocycles. The second-order valence-corrected chi connectivity index (χ2v) is 13.4. The average molecular weight is 561 g/mol. The summed E-state index contributed by atoms with van der Waals surface area (Å²) in [7, 11) is -3.54. The summed E-state index contributed by atoms with van der Waals surface area (Å²) in [5, 5.41) is 1.36. The zero-order chi connectivity index (χ0) is 28.2. The first-order valence-electron chi connectivity index (χ1n) is 12.0. The van der Waals surface area contributed by atoms with Crippen molar-refractivity contribution >= 4 is 40.3 Å². The van der Waals surface area contributed by atoms with Gasteiger partial charge < -0.3 is 17.9 Å². The van der Waals surface area contributed by atoms with Crippen LogP contribution in [-0.2, 0) is 20.9 Å². The lowest BCUT2D eigenvalue weighted by Crippen LogP contribution is -2.14. The molecule has 10 heteroatoms. The highest BCUT2D eigenvalue weighted by Crippen LogP contribution is 2.48. The quantitative estimate of drug-likeness (QED) is 0.245. The molecule has 0 radical (unpaired) electrons. The second-order valence-electron chi connectivity index (χ2n) is 11.2. The summed E-state index contributed by atoms with van der Waals surface area (Å²) in [6, 6.07) is 11.5. The summed E-state index contributed by atoms with van der Waals surface area (Å²) in [4.78, 5) is 10.8. The van der Waals surface area contributed by atoms with Gasteiger partial charge in [0.2, 0.25) is 0 Å². The Labute approximate surface area is 223 Å². The van der Waals surface area contributed by atoms with Crippen molar-refractivity contribution in [1.29, 1.82) is 0 Å². The Balaban J connectivity index is 2.27. The van der Waals surface area contributed by atoms with E-state index in [9.17, 15) is 17.9 Å². The molecule has 1 unspecified atom stereocenters. The lowest BCUT2D eigenvalue weighted by molar-refractivity contribution is 0.413. The van der Waals surface area contributed by atoms with Crippen LogP contribution in [0.4, 0.5) is 0 Å². The molecule has 1 atom stereocenters. The molecule has 8 nitrogen and oxygen atoms in total. The fourth-order valence-corrected chi connectivity index (χ4v) is 5.86. The van der Waals surface area contributed by atoms with Gasteiger partial charge in [0.1, 0.15) is 22.7 Å². The Morgan fingerprint density at radius 1 is 0.816 bits per heavy atom. The number of hydrogen-bond donors (Lipinski definition) is 2. The van der Waals surface area contributed by atoms with Crippen molar-refractivity contribution in [2.75, 3.05) is 14.2 Å². The fraction of sp³-hybridized carbons (Fsp3) is 0.357. The van der Waals surface area contributed by atoms with Gasteiger partial charge in [-0.2, -0.15) is 8.42 Å². The maximum absolute atomic E-state index is 11.6. The standard InChI is InChI=1S/C28H33O8PS/c1-27(2,3)21-14-17(33-7)13-19-20-15-22(34-8)23(16-9-11-18(12-10-16)38(30,31)32)24(28(4,5)6)26(20)36-37(29)35-25(19)21/h9-15,29H,1-8H3,(H,30,31,32). The van der Waals surface area contributed by atoms with Gasteiger partial charge >= 0.3 is 8.24 Å². The van der Waals surface area contributed by atoms with E-state index in [-0.39, 0.29) is 10.3 Å². The maximum atomic E-state index is 11.6. The molecule has 0 bridgehead atoms. The topological polar surface area (TPSA) is 119 Å². The van der Waals surface area contributed by atoms with Gasteiger partial charge in [-0.15, -0.1) is 0 Å². The van der Waals surface area contributed by atoms with Crippen LogP contribution in [-0.4, -0.2) is 32.1 Å². The van der Waals surface area contributed by atoms with E-state index in [0.29, 0.717) is 44.6 Å². The lowest BCUT2D eigenvalue weighted by atomic mass is 9.79. The van der Waals surface area contributed by atoms with Crippen molar-refractivity contribution in [3.8, 4) is 22.6 Å². The van der Waals surface area contributed by atoms with Gasteiger partial charge in [-0.1, -0.05) is 53.7 Å². The highest BCUT2D eigenvalue weighted by atomic mass is 32.2. The van der Waals surface area contributed by atoms with E-state index in [1.165, 1.54) is 12.1 Å². The summed E-state index contributed by atoms with van der Waals surface area (Å²) in [5.74, 6) is 1.15. The number of hydrogen-bond acceptors (Lipinski definition) is 7. The third-order valence-corrected chi connectivity index (χ3v) is 7.93. The zero-order valence-electron chi connectivity index (χ0n) is 22.7. The molecule has 0 aliphatic rings. The molecule has 2 N–H and O–H groups in total. The Bertz CT molecular complexity index is 1670. The average Bonchev–Trinajstić information content (AvgIpc) is 2.95. The van der Waals surface area contributed by atoms with Gasteiger partial charge in [-0.25, -0.2) is 0 Å². The minimum absolute atomic E-state index is 0.216. The molecule has 0 amide bonds. The van der Waals surface area contributed by atoms with Crippen molar-refractivity contribution in [2.24, 2.45) is 0 Å². The van der Waals surface area contributed by atoms with Gasteiger partial charge in [-0.3, -0.25) is 9.45 Å². The smallest absolute Gasteiger partial charge is 0.384 e. The lowest BCUT2D eigenvalue weighted by Gasteiger charge is -2.26. The van der Waals surface area contributed by atoms with Crippen LogP contribution in [0, 0.1) is 0 Å². The molecule has 0 saturated heterocycles. The van der Waals surface area contributed by atoms with Gasteiger partial charge in [0, 0.05) is 27.5 Å². The molecule has 0 saturated carbocycles. The summed E-state index contributed by atoms with van der Waals surface area (Å²) >= 11 is 0. The van der Waals surface area contributed by atoms with Crippen LogP contribution >= 0.6 is 8.24 Å². The van der Waals surface area contributed by atoms with E-state index in [1.807, 2.05) is 39.0 Å². The van der Waals surface area contributed by atoms with Crippen LogP contribution < -0.4 is 9.47 Å². The largest absolute Gasteiger partial charge is 0.497 e. The first-order valence-corrected chi connectivity index (χ1v) is 14.5. The molecular weight excluding hydrogens is 527 g/mol. The molecule has 4 aromatic rings. The second kappa shape index (κ2) is 9.65. The Morgan fingerprint density at radius 2 is 1.39 bits per heavy atom. The molecule has 0 fully saturated rings. The summed E-state index contributed by atoms with van der Waals surface area (Å²) < 4.78 is 56.4. The predicted molar refractivity (Wildman–Crippen MR) is 150 cm³/mol. The van der Waals surface area contributed by atoms with E-state index in [4.69, 9.17) is 17.9 Å². The van der Waals surface area contributed by atoms with Crippen molar-refractivity contribution in [1.82, 2.24) is 0 Å². The first kappa shape index (κ1) is 28.0. The zero-order valence-corrected chi connectivity index (χ0v) is 24.5. The molecule has 204 valence electrons. The van der Waals surface area contributed by atoms with Gasteiger partial charge in [0.05, 0.1) is 19.1 Å². The highest BCUT2D eigenvalue weighted by Gasteiger charge is 2.30. The Kier molecular flexibility index (Phi) is 7.12. The van der Waals surface area contributed by atoms with Crippen LogP contribution in [0.15, 0.2) is 55.8 Å². The molecule has 4 rings (SSSR count). The summed E-state index contributed by atoms with van der Waals surface area (Å²) in [6.07, 6.45) is 0.